The monoisotopic (exact) mass is 190 g/mol. The van der Waals surface area contributed by atoms with E-state index < -0.39 is 15.4 Å². The molecule has 12 heavy (non-hydrogen) atoms. The van der Waals surface area contributed by atoms with Crippen LogP contribution in [0.4, 0.5) is 0 Å². The van der Waals surface area contributed by atoms with Crippen LogP contribution in [0.15, 0.2) is 17.4 Å². The molecule has 68 valence electrons. The van der Waals surface area contributed by atoms with E-state index in [-0.39, 0.29) is 3.89 Å². The quantitative estimate of drug-likeness (QED) is 0.601. The summed E-state index contributed by atoms with van der Waals surface area (Å²) in [7, 11) is -1.88. The predicted octanol–water partition coefficient (Wildman–Crippen LogP) is -0.419. The first-order valence-electron chi connectivity index (χ1n) is 3.48. The van der Waals surface area contributed by atoms with E-state index in [4.69, 9.17) is 5.73 Å². The molecule has 0 radical (unpaired) electrons. The van der Waals surface area contributed by atoms with Crippen molar-refractivity contribution in [2.45, 2.75) is 12.3 Å². The van der Waals surface area contributed by atoms with Gasteiger partial charge in [0.15, 0.2) is 5.37 Å². The van der Waals surface area contributed by atoms with Gasteiger partial charge in [-0.25, -0.2) is 4.99 Å². The molecule has 0 spiro atoms. The van der Waals surface area contributed by atoms with Gasteiger partial charge < -0.3 is 5.73 Å². The summed E-state index contributed by atoms with van der Waals surface area (Å²) in [6.07, 6.45) is 4.25. The summed E-state index contributed by atoms with van der Waals surface area (Å²) < 4.78 is 22.8. The van der Waals surface area contributed by atoms with Gasteiger partial charge in [0.1, 0.15) is 6.20 Å². The van der Waals surface area contributed by atoms with Gasteiger partial charge in [-0.2, -0.15) is 12.3 Å². The van der Waals surface area contributed by atoms with E-state index in [0.717, 1.165) is 0 Å². The fourth-order valence-corrected chi connectivity index (χ4v) is 2.02. The summed E-state index contributed by atoms with van der Waals surface area (Å²) in [5, 5.41) is -0.892. The van der Waals surface area contributed by atoms with Crippen LogP contribution in [0.3, 0.4) is 0 Å². The maximum Gasteiger partial charge on any atom is 0.322 e. The van der Waals surface area contributed by atoms with Gasteiger partial charge in [-0.05, 0) is 6.92 Å². The molecule has 0 aliphatic carbocycles. The Morgan fingerprint density at radius 1 is 1.58 bits per heavy atom. The van der Waals surface area contributed by atoms with Crippen LogP contribution < -0.4 is 5.73 Å². The lowest BCUT2D eigenvalue weighted by Crippen LogP contribution is -2.49. The standard InChI is InChI=1S/C6H12N3O2S/c1-6(7)12(10,11)9(2)4-3-8-5-9/h3-6H,7H2,1-2H3/q+1. The number of nitrogens with zero attached hydrogens (tertiary/aromatic N) is 2. The Bertz CT molecular complexity index is 317. The minimum Gasteiger partial charge on any atom is -0.311 e. The van der Waals surface area contributed by atoms with Gasteiger partial charge in [-0.15, -0.1) is 0 Å². The van der Waals surface area contributed by atoms with Crippen molar-refractivity contribution in [3.05, 3.63) is 12.4 Å². The summed E-state index contributed by atoms with van der Waals surface area (Å²) in [6, 6.07) is 0. The molecule has 2 unspecified atom stereocenters. The fourth-order valence-electron chi connectivity index (χ4n) is 0.889. The summed E-state index contributed by atoms with van der Waals surface area (Å²) in [4.78, 5) is 3.72. The highest BCUT2D eigenvalue weighted by Crippen LogP contribution is 2.17. The Morgan fingerprint density at radius 2 is 2.17 bits per heavy atom. The first-order valence-corrected chi connectivity index (χ1v) is 4.98. The Morgan fingerprint density at radius 3 is 2.50 bits per heavy atom. The number of nitrogens with two attached hydrogens (primary N) is 1. The Balaban J connectivity index is 3.13. The van der Waals surface area contributed by atoms with Crippen molar-refractivity contribution in [1.82, 2.24) is 0 Å². The van der Waals surface area contributed by atoms with Crippen LogP contribution in [0.2, 0.25) is 0 Å². The van der Waals surface area contributed by atoms with E-state index in [0.29, 0.717) is 0 Å². The average molecular weight is 190 g/mol. The van der Waals surface area contributed by atoms with Crippen molar-refractivity contribution < 1.29 is 12.3 Å². The normalized spacial score (nSPS) is 30.9. The van der Waals surface area contributed by atoms with Gasteiger partial charge in [-0.3, -0.25) is 0 Å². The summed E-state index contributed by atoms with van der Waals surface area (Å²) >= 11 is 0. The molecule has 0 saturated carbocycles. The molecule has 1 aliphatic rings. The number of quaternary nitrogens is 1. The Labute approximate surface area is 71.8 Å². The molecule has 0 saturated heterocycles. The number of hydrogen-bond acceptors (Lipinski definition) is 4. The van der Waals surface area contributed by atoms with E-state index in [1.165, 1.54) is 32.7 Å². The van der Waals surface area contributed by atoms with E-state index in [1.54, 1.807) is 0 Å². The van der Waals surface area contributed by atoms with Gasteiger partial charge in [0.2, 0.25) is 6.34 Å². The molecule has 1 aliphatic heterocycles. The largest absolute Gasteiger partial charge is 0.322 e. The van der Waals surface area contributed by atoms with Crippen LogP contribution >= 0.6 is 0 Å². The molecule has 1 rings (SSSR count). The van der Waals surface area contributed by atoms with Gasteiger partial charge in [0.05, 0.1) is 13.2 Å². The molecule has 0 aromatic heterocycles. The molecule has 0 fully saturated rings. The van der Waals surface area contributed by atoms with Crippen molar-refractivity contribution in [3.63, 3.8) is 0 Å². The summed E-state index contributed by atoms with van der Waals surface area (Å²) in [6.45, 7) is 1.44. The zero-order valence-electron chi connectivity index (χ0n) is 7.01. The molecule has 0 bridgehead atoms. The number of aliphatic imine (C=N–C) groups is 1. The highest BCUT2D eigenvalue weighted by molar-refractivity contribution is 7.86. The van der Waals surface area contributed by atoms with Crippen molar-refractivity contribution in [1.29, 1.82) is 0 Å². The average Bonchev–Trinajstić information content (AvgIpc) is 2.37. The van der Waals surface area contributed by atoms with E-state index in [2.05, 4.69) is 4.99 Å². The van der Waals surface area contributed by atoms with E-state index in [9.17, 15) is 8.42 Å². The zero-order valence-corrected chi connectivity index (χ0v) is 7.82. The lowest BCUT2D eigenvalue weighted by molar-refractivity contribution is -0.612. The smallest absolute Gasteiger partial charge is 0.311 e. The molecular formula is C6H12N3O2S+. The maximum absolute atomic E-state index is 11.6. The minimum absolute atomic E-state index is 0.343. The molecule has 5 nitrogen and oxygen atoms in total. The highest BCUT2D eigenvalue weighted by Gasteiger charge is 2.39. The van der Waals surface area contributed by atoms with Crippen LogP contribution in [-0.4, -0.2) is 31.1 Å². The van der Waals surface area contributed by atoms with Crippen molar-refractivity contribution in [2.75, 3.05) is 7.05 Å². The third-order valence-electron chi connectivity index (χ3n) is 1.76. The zero-order chi connectivity index (χ0) is 9.41. The molecule has 0 aromatic rings. The van der Waals surface area contributed by atoms with Gasteiger partial charge in [-0.1, -0.05) is 0 Å². The Kier molecular flexibility index (Phi) is 2.07. The van der Waals surface area contributed by atoms with Gasteiger partial charge in [0.25, 0.3) is 0 Å². The Hall–Kier alpha value is -0.720. The molecule has 1 heterocycles. The highest BCUT2D eigenvalue weighted by atomic mass is 32.2. The third kappa shape index (κ3) is 1.17. The lowest BCUT2D eigenvalue weighted by Gasteiger charge is -2.22. The second kappa shape index (κ2) is 2.65. The van der Waals surface area contributed by atoms with Gasteiger partial charge >= 0.3 is 10.0 Å². The van der Waals surface area contributed by atoms with Crippen LogP contribution in [-0.2, 0) is 10.0 Å². The van der Waals surface area contributed by atoms with Crippen LogP contribution in [0.5, 0.6) is 0 Å². The second-order valence-corrected chi connectivity index (χ2v) is 5.40. The van der Waals surface area contributed by atoms with Crippen molar-refractivity contribution in [2.24, 2.45) is 10.7 Å². The van der Waals surface area contributed by atoms with E-state index >= 15 is 0 Å². The molecule has 6 heteroatoms. The van der Waals surface area contributed by atoms with Gasteiger partial charge in [0, 0.05) is 0 Å². The summed E-state index contributed by atoms with van der Waals surface area (Å²) in [5.41, 5.74) is 5.34. The molecule has 2 atom stereocenters. The minimum atomic E-state index is -3.40. The lowest BCUT2D eigenvalue weighted by atomic mass is 10.8. The molecule has 2 N–H and O–H groups in total. The number of hydrogen-bond donors (Lipinski definition) is 1. The first-order chi connectivity index (χ1) is 5.40. The molecular weight excluding hydrogens is 178 g/mol. The van der Waals surface area contributed by atoms with Crippen molar-refractivity contribution >= 4 is 16.4 Å². The fraction of sp³-hybridized carbons (Fsp3) is 0.500. The SMILES string of the molecule is CC(N)S(=O)(=O)[N+]1(C)C=CN=C1. The van der Waals surface area contributed by atoms with Crippen LogP contribution in [0.1, 0.15) is 6.92 Å². The van der Waals surface area contributed by atoms with Crippen molar-refractivity contribution in [3.8, 4) is 0 Å². The first kappa shape index (κ1) is 9.37. The van der Waals surface area contributed by atoms with Crippen LogP contribution in [0.25, 0.3) is 0 Å². The third-order valence-corrected chi connectivity index (χ3v) is 4.02. The number of rotatable bonds is 2. The van der Waals surface area contributed by atoms with E-state index in [1.807, 2.05) is 0 Å². The number of sulfonamides is 1. The second-order valence-electron chi connectivity index (χ2n) is 2.84. The van der Waals surface area contributed by atoms with Crippen LogP contribution in [0, 0.1) is 0 Å². The summed E-state index contributed by atoms with van der Waals surface area (Å²) in [5.74, 6) is 0. The molecule has 0 amide bonds. The maximum atomic E-state index is 11.6. The predicted molar refractivity (Wildman–Crippen MR) is 46.4 cm³/mol. The molecule has 0 aromatic carbocycles. The topological polar surface area (TPSA) is 72.5 Å².